The van der Waals surface area contributed by atoms with Crippen LogP contribution in [0, 0.1) is 0 Å². The van der Waals surface area contributed by atoms with Crippen LogP contribution in [0.1, 0.15) is 5.56 Å². The van der Waals surface area contributed by atoms with Crippen LogP contribution in [0.2, 0.25) is 0 Å². The van der Waals surface area contributed by atoms with Crippen molar-refractivity contribution in [3.05, 3.63) is 36.3 Å². The van der Waals surface area contributed by atoms with Crippen molar-refractivity contribution in [1.29, 1.82) is 0 Å². The molecule has 0 spiro atoms. The number of fused-ring (bicyclic) bond motifs is 1. The van der Waals surface area contributed by atoms with Crippen molar-refractivity contribution in [1.82, 2.24) is 9.38 Å². The Morgan fingerprint density at radius 2 is 2.42 bits per heavy atom. The minimum atomic E-state index is 0.353. The van der Waals surface area contributed by atoms with Crippen molar-refractivity contribution >= 4 is 5.65 Å². The van der Waals surface area contributed by atoms with E-state index in [1.54, 1.807) is 0 Å². The molecule has 0 aromatic carbocycles. The molecule has 0 aliphatic rings. The van der Waals surface area contributed by atoms with Gasteiger partial charge >= 0.3 is 81.9 Å². The number of aromatic nitrogens is 2. The van der Waals surface area contributed by atoms with Gasteiger partial charge < -0.3 is 0 Å². The Kier molecular flexibility index (Phi) is 2.30. The van der Waals surface area contributed by atoms with Crippen LogP contribution in [0.5, 0.6) is 0 Å². The van der Waals surface area contributed by atoms with Crippen LogP contribution < -0.4 is 21.2 Å². The molecule has 2 heterocycles. The van der Waals surface area contributed by atoms with E-state index in [1.165, 1.54) is 9.99 Å². The summed E-state index contributed by atoms with van der Waals surface area (Å²) < 4.78 is 3.34. The van der Waals surface area contributed by atoms with E-state index in [-0.39, 0.29) is 0 Å². The zero-order valence-electron chi connectivity index (χ0n) is 6.87. The Morgan fingerprint density at radius 3 is 3.25 bits per heavy atom. The quantitative estimate of drug-likeness (QED) is 0.483. The Morgan fingerprint density at radius 1 is 1.50 bits per heavy atom. The molecule has 0 aliphatic heterocycles. The molecule has 0 unspecified atom stereocenters. The van der Waals surface area contributed by atoms with Crippen LogP contribution in [0.25, 0.3) is 5.65 Å². The number of nitrogens with zero attached hydrogens (tertiary/aromatic N) is 2. The van der Waals surface area contributed by atoms with Gasteiger partial charge in [-0.2, -0.15) is 0 Å². The summed E-state index contributed by atoms with van der Waals surface area (Å²) in [5.41, 5.74) is 2.46. The minimum absolute atomic E-state index is 0.353. The number of halogens is 1. The molecule has 3 heteroatoms. The zero-order chi connectivity index (χ0) is 8.39. The van der Waals surface area contributed by atoms with Crippen LogP contribution in [0.3, 0.4) is 0 Å². The number of imidazole rings is 1. The number of hydrogen-bond acceptors (Lipinski definition) is 1. The predicted molar refractivity (Wildman–Crippen MR) is 44.8 cm³/mol. The van der Waals surface area contributed by atoms with E-state index in [2.05, 4.69) is 32.6 Å². The van der Waals surface area contributed by atoms with Gasteiger partial charge in [0, 0.05) is 0 Å². The topological polar surface area (TPSA) is 17.3 Å². The summed E-state index contributed by atoms with van der Waals surface area (Å²) in [6.45, 7) is 0. The Hall–Kier alpha value is -0.580. The molecule has 0 saturated carbocycles. The Labute approximate surface area is 81.9 Å². The van der Waals surface area contributed by atoms with Gasteiger partial charge in [0.25, 0.3) is 0 Å². The predicted octanol–water partition coefficient (Wildman–Crippen LogP) is -1.45. The molecule has 64 valence electrons. The Bertz CT molecular complexity index is 381. The number of pyridine rings is 1. The number of rotatable bonds is 2. The second kappa shape index (κ2) is 3.43. The van der Waals surface area contributed by atoms with Gasteiger partial charge in [-0.3, -0.25) is 0 Å². The normalized spacial score (nSPS) is 11.1. The first-order chi connectivity index (χ1) is 5.90. The van der Waals surface area contributed by atoms with Crippen molar-refractivity contribution < 1.29 is 21.2 Å². The van der Waals surface area contributed by atoms with E-state index in [4.69, 9.17) is 0 Å². The van der Waals surface area contributed by atoms with Crippen molar-refractivity contribution in [3.8, 4) is 0 Å². The molecule has 12 heavy (non-hydrogen) atoms. The monoisotopic (exact) mass is 273 g/mol. The summed E-state index contributed by atoms with van der Waals surface area (Å²) in [5.74, 6) is 0. The van der Waals surface area contributed by atoms with Crippen LogP contribution in [0.4, 0.5) is 0 Å². The summed E-state index contributed by atoms with van der Waals surface area (Å²) >= 11 is 0.353. The van der Waals surface area contributed by atoms with Crippen molar-refractivity contribution in [2.75, 3.05) is 4.93 Å². The van der Waals surface area contributed by atoms with Gasteiger partial charge in [0.05, 0.1) is 0 Å². The fraction of sp³-hybridized carbons (Fsp3) is 0.222. The van der Waals surface area contributed by atoms with E-state index in [9.17, 15) is 0 Å². The molecular formula is C9H10IN2-. The van der Waals surface area contributed by atoms with Gasteiger partial charge in [0.1, 0.15) is 0 Å². The molecule has 2 rings (SSSR count). The SMILES string of the molecule is C[I-]Cc1ccc2nccn2c1. The third-order valence-electron chi connectivity index (χ3n) is 1.74. The van der Waals surface area contributed by atoms with Crippen molar-refractivity contribution in [3.63, 3.8) is 0 Å². The Balaban J connectivity index is 2.46. The van der Waals surface area contributed by atoms with E-state index < -0.39 is 0 Å². The summed E-state index contributed by atoms with van der Waals surface area (Å²) in [6, 6.07) is 4.25. The van der Waals surface area contributed by atoms with Gasteiger partial charge in [-0.25, -0.2) is 0 Å². The van der Waals surface area contributed by atoms with Crippen LogP contribution >= 0.6 is 0 Å². The third-order valence-corrected chi connectivity index (χ3v) is 3.38. The molecule has 0 saturated heterocycles. The van der Waals surface area contributed by atoms with E-state index in [0.29, 0.717) is 21.2 Å². The van der Waals surface area contributed by atoms with E-state index in [1.807, 2.05) is 12.4 Å². The molecule has 0 N–H and O–H groups in total. The van der Waals surface area contributed by atoms with Crippen molar-refractivity contribution in [2.24, 2.45) is 0 Å². The first kappa shape index (κ1) is 8.04. The van der Waals surface area contributed by atoms with Gasteiger partial charge in [-0.1, -0.05) is 0 Å². The van der Waals surface area contributed by atoms with Crippen molar-refractivity contribution in [2.45, 2.75) is 4.43 Å². The molecule has 2 nitrogen and oxygen atoms in total. The number of hydrogen-bond donors (Lipinski definition) is 0. The molecule has 2 aromatic rings. The maximum atomic E-state index is 4.19. The first-order valence-corrected chi connectivity index (χ1v) is 7.44. The summed E-state index contributed by atoms with van der Waals surface area (Å²) in [5, 5.41) is 0. The van der Waals surface area contributed by atoms with E-state index >= 15 is 0 Å². The zero-order valence-corrected chi connectivity index (χ0v) is 9.02. The first-order valence-electron chi connectivity index (χ1n) is 3.75. The molecule has 0 bridgehead atoms. The molecule has 0 radical (unpaired) electrons. The number of alkyl halides is 2. The molecule has 0 amide bonds. The summed E-state index contributed by atoms with van der Waals surface area (Å²) in [4.78, 5) is 6.49. The van der Waals surface area contributed by atoms with Crippen LogP contribution in [-0.2, 0) is 4.43 Å². The molecule has 0 aliphatic carbocycles. The molecule has 0 fully saturated rings. The third kappa shape index (κ3) is 1.46. The fourth-order valence-electron chi connectivity index (χ4n) is 1.20. The second-order valence-corrected chi connectivity index (χ2v) is 4.92. The maximum absolute atomic E-state index is 4.19. The average molecular weight is 273 g/mol. The van der Waals surface area contributed by atoms with E-state index in [0.717, 1.165) is 5.65 Å². The average Bonchev–Trinajstić information content (AvgIpc) is 2.51. The summed E-state index contributed by atoms with van der Waals surface area (Å²) in [6.07, 6.45) is 6.00. The summed E-state index contributed by atoms with van der Waals surface area (Å²) in [7, 11) is 0. The standard InChI is InChI=1S/C9H10IN2/c1-10-6-8-2-3-9-11-4-5-12(9)7-8/h2-5,7H,6H2,1H3/q-1. The van der Waals surface area contributed by atoms with Gasteiger partial charge in [-0.15, -0.1) is 0 Å². The molecule has 2 aromatic heterocycles. The van der Waals surface area contributed by atoms with Gasteiger partial charge in [0.15, 0.2) is 0 Å². The van der Waals surface area contributed by atoms with Gasteiger partial charge in [0.2, 0.25) is 0 Å². The van der Waals surface area contributed by atoms with Crippen LogP contribution in [0.15, 0.2) is 30.7 Å². The molecular weight excluding hydrogens is 263 g/mol. The van der Waals surface area contributed by atoms with Crippen LogP contribution in [-0.4, -0.2) is 14.3 Å². The van der Waals surface area contributed by atoms with Gasteiger partial charge in [-0.05, 0) is 0 Å². The molecule has 0 atom stereocenters. The fourth-order valence-corrected chi connectivity index (χ4v) is 2.53. The second-order valence-electron chi connectivity index (χ2n) is 2.63.